The van der Waals surface area contributed by atoms with Crippen LogP contribution in [-0.4, -0.2) is 34.0 Å². The summed E-state index contributed by atoms with van der Waals surface area (Å²) in [5.74, 6) is -0.475. The van der Waals surface area contributed by atoms with E-state index in [-0.39, 0.29) is 25.0 Å². The van der Waals surface area contributed by atoms with E-state index in [1.807, 2.05) is 6.07 Å². The number of rotatable bonds is 1. The van der Waals surface area contributed by atoms with Gasteiger partial charge in [-0.05, 0) is 39.7 Å². The molecule has 1 heterocycles. The third kappa shape index (κ3) is 3.14. The molecule has 1 aliphatic carbocycles. The van der Waals surface area contributed by atoms with Gasteiger partial charge in [-0.25, -0.2) is 9.18 Å². The molecule has 0 bridgehead atoms. The van der Waals surface area contributed by atoms with E-state index in [0.717, 1.165) is 4.90 Å². The fourth-order valence-electron chi connectivity index (χ4n) is 2.77. The Morgan fingerprint density at radius 2 is 2.18 bits per heavy atom. The molecule has 1 aliphatic heterocycles. The maximum absolute atomic E-state index is 14.2. The number of aliphatic hydroxyl groups is 1. The van der Waals surface area contributed by atoms with Crippen LogP contribution in [0.1, 0.15) is 46.5 Å². The van der Waals surface area contributed by atoms with E-state index in [1.54, 1.807) is 20.8 Å². The molecular formula is C16H21FN2O3. The average molecular weight is 308 g/mol. The number of carbonyl (C=O) groups excluding carboxylic acids is 1. The standard InChI is InChI=1S/C16H21FN2O3/c1-15(2,3)22-14(20)19-8-4-7-16(19,21)12-9-11(10-18)5-6-13(12)17/h9,21H,4-8H2,1-3H3. The molecule has 1 atom stereocenters. The van der Waals surface area contributed by atoms with Crippen LogP contribution in [0.4, 0.5) is 9.18 Å². The number of amides is 1. The summed E-state index contributed by atoms with van der Waals surface area (Å²) < 4.78 is 19.5. The lowest BCUT2D eigenvalue weighted by atomic mass is 9.90. The van der Waals surface area contributed by atoms with Crippen LogP contribution >= 0.6 is 0 Å². The zero-order valence-electron chi connectivity index (χ0n) is 13.1. The topological polar surface area (TPSA) is 73.6 Å². The first-order chi connectivity index (χ1) is 10.2. The summed E-state index contributed by atoms with van der Waals surface area (Å²) in [6.45, 7) is 5.48. The summed E-state index contributed by atoms with van der Waals surface area (Å²) in [5, 5.41) is 19.9. The van der Waals surface area contributed by atoms with Gasteiger partial charge in [-0.15, -0.1) is 0 Å². The predicted molar refractivity (Wildman–Crippen MR) is 78.2 cm³/mol. The summed E-state index contributed by atoms with van der Waals surface area (Å²) in [5.41, 5.74) is -2.03. The maximum atomic E-state index is 14.2. The van der Waals surface area contributed by atoms with Gasteiger partial charge in [0.05, 0.1) is 6.07 Å². The van der Waals surface area contributed by atoms with E-state index >= 15 is 0 Å². The number of ether oxygens (including phenoxy) is 1. The van der Waals surface area contributed by atoms with Crippen LogP contribution in [0.25, 0.3) is 0 Å². The third-order valence-electron chi connectivity index (χ3n) is 3.77. The number of hydrogen-bond donors (Lipinski definition) is 1. The second-order valence-corrected chi connectivity index (χ2v) is 6.65. The van der Waals surface area contributed by atoms with Crippen LogP contribution in [0, 0.1) is 11.3 Å². The second kappa shape index (κ2) is 5.73. The Labute approximate surface area is 129 Å². The quantitative estimate of drug-likeness (QED) is 0.807. The highest BCUT2D eigenvalue weighted by Crippen LogP contribution is 2.40. The van der Waals surface area contributed by atoms with Crippen LogP contribution in [0.3, 0.4) is 0 Å². The summed E-state index contributed by atoms with van der Waals surface area (Å²) in [6, 6.07) is 1.99. The summed E-state index contributed by atoms with van der Waals surface area (Å²) in [6.07, 6.45) is 1.84. The van der Waals surface area contributed by atoms with Crippen LogP contribution in [0.2, 0.25) is 0 Å². The zero-order valence-corrected chi connectivity index (χ0v) is 13.1. The average Bonchev–Trinajstić information content (AvgIpc) is 2.80. The molecule has 0 radical (unpaired) electrons. The van der Waals surface area contributed by atoms with E-state index in [0.29, 0.717) is 18.4 Å². The highest BCUT2D eigenvalue weighted by atomic mass is 19.1. The van der Waals surface area contributed by atoms with Crippen molar-refractivity contribution in [3.63, 3.8) is 0 Å². The SMILES string of the molecule is CC(C)(C)OC(=O)N1CCCC1(O)C1=C(F)CCC(C#N)=C1. The number of nitrogens with zero attached hydrogens (tertiary/aromatic N) is 2. The van der Waals surface area contributed by atoms with Gasteiger partial charge in [0, 0.05) is 30.5 Å². The molecule has 2 rings (SSSR count). The molecule has 1 saturated heterocycles. The summed E-state index contributed by atoms with van der Waals surface area (Å²) in [4.78, 5) is 13.4. The van der Waals surface area contributed by atoms with Crippen molar-refractivity contribution in [1.82, 2.24) is 4.90 Å². The van der Waals surface area contributed by atoms with Crippen molar-refractivity contribution in [2.45, 2.75) is 57.8 Å². The molecule has 22 heavy (non-hydrogen) atoms. The summed E-state index contributed by atoms with van der Waals surface area (Å²) in [7, 11) is 0. The lowest BCUT2D eigenvalue weighted by Crippen LogP contribution is -2.50. The molecule has 1 N–H and O–H groups in total. The van der Waals surface area contributed by atoms with Gasteiger partial charge in [0.25, 0.3) is 0 Å². The minimum absolute atomic E-state index is 0.0126. The van der Waals surface area contributed by atoms with Crippen molar-refractivity contribution >= 4 is 6.09 Å². The number of hydrogen-bond acceptors (Lipinski definition) is 4. The largest absolute Gasteiger partial charge is 0.444 e. The van der Waals surface area contributed by atoms with Gasteiger partial charge in [0.2, 0.25) is 0 Å². The molecule has 2 aliphatic rings. The van der Waals surface area contributed by atoms with Gasteiger partial charge in [-0.2, -0.15) is 5.26 Å². The molecule has 1 fully saturated rings. The van der Waals surface area contributed by atoms with E-state index < -0.39 is 23.2 Å². The van der Waals surface area contributed by atoms with Crippen LogP contribution in [0.5, 0.6) is 0 Å². The van der Waals surface area contributed by atoms with Gasteiger partial charge in [0.15, 0.2) is 5.72 Å². The van der Waals surface area contributed by atoms with Gasteiger partial charge >= 0.3 is 6.09 Å². The first kappa shape index (κ1) is 16.5. The Hall–Kier alpha value is -1.87. The predicted octanol–water partition coefficient (Wildman–Crippen LogP) is 3.17. The minimum atomic E-state index is -1.74. The van der Waals surface area contributed by atoms with Crippen molar-refractivity contribution in [1.29, 1.82) is 5.26 Å². The summed E-state index contributed by atoms with van der Waals surface area (Å²) >= 11 is 0. The molecule has 1 unspecified atom stereocenters. The maximum Gasteiger partial charge on any atom is 0.412 e. The number of nitriles is 1. The highest BCUT2D eigenvalue weighted by molar-refractivity contribution is 5.70. The van der Waals surface area contributed by atoms with Gasteiger partial charge in [-0.1, -0.05) is 0 Å². The van der Waals surface area contributed by atoms with Gasteiger partial charge in [0.1, 0.15) is 11.4 Å². The smallest absolute Gasteiger partial charge is 0.412 e. The van der Waals surface area contributed by atoms with Crippen LogP contribution < -0.4 is 0 Å². The molecule has 0 aromatic carbocycles. The molecule has 1 amide bonds. The van der Waals surface area contributed by atoms with Crippen molar-refractivity contribution in [3.05, 3.63) is 23.0 Å². The van der Waals surface area contributed by atoms with E-state index in [2.05, 4.69) is 0 Å². The minimum Gasteiger partial charge on any atom is -0.444 e. The highest BCUT2D eigenvalue weighted by Gasteiger charge is 2.47. The second-order valence-electron chi connectivity index (χ2n) is 6.65. The van der Waals surface area contributed by atoms with Crippen molar-refractivity contribution in [2.24, 2.45) is 0 Å². The zero-order chi connectivity index (χ0) is 16.5. The molecule has 120 valence electrons. The Bertz CT molecular complexity index is 583. The fourth-order valence-corrected chi connectivity index (χ4v) is 2.77. The van der Waals surface area contributed by atoms with Crippen LogP contribution in [-0.2, 0) is 4.74 Å². The molecule has 0 aromatic heterocycles. The molecule has 0 aromatic rings. The van der Waals surface area contributed by atoms with Crippen molar-refractivity contribution in [2.75, 3.05) is 6.54 Å². The number of allylic oxidation sites excluding steroid dienone is 2. The third-order valence-corrected chi connectivity index (χ3v) is 3.77. The Morgan fingerprint density at radius 3 is 2.77 bits per heavy atom. The molecule has 0 spiro atoms. The van der Waals surface area contributed by atoms with Crippen molar-refractivity contribution in [3.8, 4) is 6.07 Å². The molecule has 6 heteroatoms. The van der Waals surface area contributed by atoms with E-state index in [9.17, 15) is 14.3 Å². The van der Waals surface area contributed by atoms with E-state index in [1.165, 1.54) is 6.08 Å². The molecule has 5 nitrogen and oxygen atoms in total. The Balaban J connectivity index is 2.34. The monoisotopic (exact) mass is 308 g/mol. The van der Waals surface area contributed by atoms with Crippen LogP contribution in [0.15, 0.2) is 23.0 Å². The first-order valence-corrected chi connectivity index (χ1v) is 7.40. The number of carbonyl (C=O) groups is 1. The lowest BCUT2D eigenvalue weighted by molar-refractivity contribution is -0.0590. The lowest BCUT2D eigenvalue weighted by Gasteiger charge is -2.36. The van der Waals surface area contributed by atoms with E-state index in [4.69, 9.17) is 10.00 Å². The first-order valence-electron chi connectivity index (χ1n) is 7.40. The number of likely N-dealkylation sites (tertiary alicyclic amines) is 1. The Morgan fingerprint density at radius 1 is 1.50 bits per heavy atom. The van der Waals surface area contributed by atoms with Crippen molar-refractivity contribution < 1.29 is 19.0 Å². The molecule has 0 saturated carbocycles. The van der Waals surface area contributed by atoms with Gasteiger partial charge < -0.3 is 9.84 Å². The normalized spacial score (nSPS) is 25.8. The Kier molecular flexibility index (Phi) is 4.30. The molecular weight excluding hydrogens is 287 g/mol. The fraction of sp³-hybridized carbons (Fsp3) is 0.625. The number of halogens is 1. The van der Waals surface area contributed by atoms with Gasteiger partial charge in [-0.3, -0.25) is 4.90 Å².